The predicted molar refractivity (Wildman–Crippen MR) is 90.1 cm³/mol. The summed E-state index contributed by atoms with van der Waals surface area (Å²) in [4.78, 5) is 23.3. The van der Waals surface area contributed by atoms with E-state index in [-0.39, 0.29) is 0 Å². The molecular formula is C17H19N3O4. The first kappa shape index (κ1) is 17.1. The van der Waals surface area contributed by atoms with Crippen molar-refractivity contribution in [2.75, 3.05) is 19.5 Å². The van der Waals surface area contributed by atoms with E-state index in [1.807, 2.05) is 6.07 Å². The number of imide groups is 1. The van der Waals surface area contributed by atoms with E-state index in [0.29, 0.717) is 22.7 Å². The van der Waals surface area contributed by atoms with E-state index in [4.69, 9.17) is 15.2 Å². The number of primary amides is 1. The van der Waals surface area contributed by atoms with Crippen LogP contribution < -0.4 is 25.8 Å². The van der Waals surface area contributed by atoms with Gasteiger partial charge in [0.1, 0.15) is 6.04 Å². The van der Waals surface area contributed by atoms with Crippen molar-refractivity contribution in [3.8, 4) is 11.5 Å². The van der Waals surface area contributed by atoms with Crippen molar-refractivity contribution in [2.45, 2.75) is 6.04 Å². The normalized spacial score (nSPS) is 11.2. The SMILES string of the molecule is COc1ccc(N[C@@H](C(=O)NC(N)=O)c2ccccc2)cc1OC. The topological polar surface area (TPSA) is 103 Å². The Balaban J connectivity index is 2.31. The maximum absolute atomic E-state index is 12.3. The van der Waals surface area contributed by atoms with Gasteiger partial charge in [-0.25, -0.2) is 4.79 Å². The van der Waals surface area contributed by atoms with Gasteiger partial charge in [-0.15, -0.1) is 0 Å². The second-order valence-electron chi connectivity index (χ2n) is 4.91. The molecule has 0 saturated heterocycles. The van der Waals surface area contributed by atoms with Gasteiger partial charge < -0.3 is 20.5 Å². The predicted octanol–water partition coefficient (Wildman–Crippen LogP) is 2.05. The highest BCUT2D eigenvalue weighted by Gasteiger charge is 2.22. The minimum Gasteiger partial charge on any atom is -0.493 e. The number of rotatable bonds is 6. The third-order valence-electron chi connectivity index (χ3n) is 3.34. The molecule has 0 aliphatic carbocycles. The van der Waals surface area contributed by atoms with Gasteiger partial charge in [0.2, 0.25) is 0 Å². The van der Waals surface area contributed by atoms with Crippen molar-refractivity contribution in [1.82, 2.24) is 5.32 Å². The molecule has 0 saturated carbocycles. The van der Waals surface area contributed by atoms with Gasteiger partial charge >= 0.3 is 6.03 Å². The summed E-state index contributed by atoms with van der Waals surface area (Å²) in [6, 6.07) is 12.5. The van der Waals surface area contributed by atoms with Gasteiger partial charge in [0.05, 0.1) is 14.2 Å². The number of carbonyl (C=O) groups excluding carboxylic acids is 2. The van der Waals surface area contributed by atoms with Gasteiger partial charge in [-0.05, 0) is 17.7 Å². The van der Waals surface area contributed by atoms with Gasteiger partial charge in [-0.2, -0.15) is 0 Å². The third kappa shape index (κ3) is 4.16. The summed E-state index contributed by atoms with van der Waals surface area (Å²) < 4.78 is 10.4. The Hall–Kier alpha value is -3.22. The monoisotopic (exact) mass is 329 g/mol. The van der Waals surface area contributed by atoms with Crippen LogP contribution in [0.1, 0.15) is 11.6 Å². The maximum atomic E-state index is 12.3. The highest BCUT2D eigenvalue weighted by Crippen LogP contribution is 2.31. The van der Waals surface area contributed by atoms with E-state index in [9.17, 15) is 9.59 Å². The maximum Gasteiger partial charge on any atom is 0.318 e. The summed E-state index contributed by atoms with van der Waals surface area (Å²) in [5, 5.41) is 5.17. The molecule has 0 unspecified atom stereocenters. The van der Waals surface area contributed by atoms with Crippen molar-refractivity contribution in [1.29, 1.82) is 0 Å². The molecule has 7 nitrogen and oxygen atoms in total. The highest BCUT2D eigenvalue weighted by atomic mass is 16.5. The lowest BCUT2D eigenvalue weighted by atomic mass is 10.1. The molecule has 24 heavy (non-hydrogen) atoms. The van der Waals surface area contributed by atoms with Crippen LogP contribution in [0.3, 0.4) is 0 Å². The molecule has 0 heterocycles. The van der Waals surface area contributed by atoms with Crippen molar-refractivity contribution in [3.63, 3.8) is 0 Å². The molecule has 3 amide bonds. The molecule has 126 valence electrons. The summed E-state index contributed by atoms with van der Waals surface area (Å²) in [6.45, 7) is 0. The van der Waals surface area contributed by atoms with Crippen LogP contribution >= 0.6 is 0 Å². The van der Waals surface area contributed by atoms with Crippen molar-refractivity contribution in [2.24, 2.45) is 5.73 Å². The first-order chi connectivity index (χ1) is 11.5. The fourth-order valence-electron chi connectivity index (χ4n) is 2.23. The molecule has 0 bridgehead atoms. The Labute approximate surface area is 139 Å². The lowest BCUT2D eigenvalue weighted by Crippen LogP contribution is -2.40. The summed E-state index contributed by atoms with van der Waals surface area (Å²) in [5.74, 6) is 0.536. The lowest BCUT2D eigenvalue weighted by Gasteiger charge is -2.20. The third-order valence-corrected chi connectivity index (χ3v) is 3.34. The van der Waals surface area contributed by atoms with Crippen LogP contribution in [0.15, 0.2) is 48.5 Å². The zero-order chi connectivity index (χ0) is 17.5. The minimum atomic E-state index is -0.907. The first-order valence-electron chi connectivity index (χ1n) is 7.19. The summed E-state index contributed by atoms with van der Waals surface area (Å²) in [7, 11) is 3.06. The number of hydrogen-bond donors (Lipinski definition) is 3. The molecule has 0 aromatic heterocycles. The highest BCUT2D eigenvalue weighted by molar-refractivity contribution is 5.98. The summed E-state index contributed by atoms with van der Waals surface area (Å²) in [6.07, 6.45) is 0. The van der Waals surface area contributed by atoms with Crippen molar-refractivity contribution in [3.05, 3.63) is 54.1 Å². The van der Waals surface area contributed by atoms with Crippen LogP contribution in [0, 0.1) is 0 Å². The first-order valence-corrected chi connectivity index (χ1v) is 7.19. The smallest absolute Gasteiger partial charge is 0.318 e. The van der Waals surface area contributed by atoms with Crippen LogP contribution in [0.2, 0.25) is 0 Å². The lowest BCUT2D eigenvalue weighted by molar-refractivity contribution is -0.120. The van der Waals surface area contributed by atoms with Gasteiger partial charge in [-0.1, -0.05) is 30.3 Å². The van der Waals surface area contributed by atoms with E-state index >= 15 is 0 Å². The average molecular weight is 329 g/mol. The molecule has 0 spiro atoms. The molecule has 0 radical (unpaired) electrons. The zero-order valence-corrected chi connectivity index (χ0v) is 13.4. The second kappa shape index (κ2) is 7.87. The molecular weight excluding hydrogens is 310 g/mol. The molecule has 0 aliphatic rings. The Morgan fingerprint density at radius 2 is 1.67 bits per heavy atom. The van der Waals surface area contributed by atoms with Crippen LogP contribution in [0.25, 0.3) is 0 Å². The summed E-state index contributed by atoms with van der Waals surface area (Å²) >= 11 is 0. The minimum absolute atomic E-state index is 0.518. The number of anilines is 1. The van der Waals surface area contributed by atoms with E-state index in [1.54, 1.807) is 42.5 Å². The zero-order valence-electron chi connectivity index (χ0n) is 13.4. The standard InChI is InChI=1S/C17H19N3O4/c1-23-13-9-8-12(10-14(13)24-2)19-15(16(21)20-17(18)22)11-6-4-3-5-7-11/h3-10,15,19H,1-2H3,(H3,18,20,21,22)/t15-/m1/s1. The number of nitrogens with one attached hydrogen (secondary N) is 2. The van der Waals surface area contributed by atoms with Crippen LogP contribution in [0.4, 0.5) is 10.5 Å². The molecule has 2 aromatic rings. The number of hydrogen-bond acceptors (Lipinski definition) is 5. The molecule has 2 aromatic carbocycles. The molecule has 0 fully saturated rings. The van der Waals surface area contributed by atoms with Crippen molar-refractivity contribution >= 4 is 17.6 Å². The van der Waals surface area contributed by atoms with Crippen LogP contribution in [0.5, 0.6) is 11.5 Å². The van der Waals surface area contributed by atoms with Gasteiger partial charge in [0.15, 0.2) is 11.5 Å². The van der Waals surface area contributed by atoms with E-state index in [2.05, 4.69) is 10.6 Å². The van der Waals surface area contributed by atoms with E-state index in [0.717, 1.165) is 0 Å². The van der Waals surface area contributed by atoms with Crippen LogP contribution in [-0.4, -0.2) is 26.2 Å². The molecule has 7 heteroatoms. The number of methoxy groups -OCH3 is 2. The quantitative estimate of drug-likeness (QED) is 0.753. The van der Waals surface area contributed by atoms with Gasteiger partial charge in [0.25, 0.3) is 5.91 Å². The molecule has 4 N–H and O–H groups in total. The number of carbonyl (C=O) groups is 2. The Bertz CT molecular complexity index is 719. The Morgan fingerprint density at radius 1 is 1.00 bits per heavy atom. The molecule has 0 aliphatic heterocycles. The fourth-order valence-corrected chi connectivity index (χ4v) is 2.23. The molecule has 2 rings (SSSR count). The number of urea groups is 1. The van der Waals surface area contributed by atoms with Gasteiger partial charge in [-0.3, -0.25) is 10.1 Å². The van der Waals surface area contributed by atoms with E-state index < -0.39 is 18.0 Å². The Morgan fingerprint density at radius 3 is 2.25 bits per heavy atom. The number of benzene rings is 2. The number of ether oxygens (including phenoxy) is 2. The largest absolute Gasteiger partial charge is 0.493 e. The number of nitrogens with two attached hydrogens (primary N) is 1. The van der Waals surface area contributed by atoms with Crippen molar-refractivity contribution < 1.29 is 19.1 Å². The second-order valence-corrected chi connectivity index (χ2v) is 4.91. The van der Waals surface area contributed by atoms with E-state index in [1.165, 1.54) is 14.2 Å². The van der Waals surface area contributed by atoms with Gasteiger partial charge in [0, 0.05) is 11.8 Å². The average Bonchev–Trinajstić information content (AvgIpc) is 2.59. The van der Waals surface area contributed by atoms with Crippen LogP contribution in [-0.2, 0) is 4.79 Å². The summed E-state index contributed by atoms with van der Waals surface area (Å²) in [5.41, 5.74) is 6.36. The Kier molecular flexibility index (Phi) is 5.62. The molecule has 1 atom stereocenters. The fraction of sp³-hybridized carbons (Fsp3) is 0.176. The number of amides is 3.